The fourth-order valence-electron chi connectivity index (χ4n) is 3.43. The minimum atomic E-state index is -0.449. The summed E-state index contributed by atoms with van der Waals surface area (Å²) in [6, 6.07) is 0.760. The van der Waals surface area contributed by atoms with E-state index < -0.39 is 6.04 Å². The molecule has 120 valence electrons. The van der Waals surface area contributed by atoms with Gasteiger partial charge in [0.2, 0.25) is 11.8 Å². The predicted molar refractivity (Wildman–Crippen MR) is 82.7 cm³/mol. The molecule has 2 aliphatic rings. The van der Waals surface area contributed by atoms with Crippen LogP contribution in [0.15, 0.2) is 0 Å². The van der Waals surface area contributed by atoms with Gasteiger partial charge in [-0.15, -0.1) is 0 Å². The molecule has 0 saturated carbocycles. The van der Waals surface area contributed by atoms with Crippen molar-refractivity contribution in [2.45, 2.75) is 71.0 Å². The van der Waals surface area contributed by atoms with E-state index in [2.05, 4.69) is 29.8 Å². The number of rotatable bonds is 6. The first kappa shape index (κ1) is 16.3. The molecule has 0 radical (unpaired) electrons. The second kappa shape index (κ2) is 7.25. The highest BCUT2D eigenvalue weighted by molar-refractivity contribution is 5.87. The SMILES string of the molecule is CC(C)CNC(=O)C(C)NC(=O)CC1CC2CCC(C1)N2. The summed E-state index contributed by atoms with van der Waals surface area (Å²) in [7, 11) is 0. The predicted octanol–water partition coefficient (Wildman–Crippen LogP) is 1.18. The molecule has 5 nitrogen and oxygen atoms in total. The van der Waals surface area contributed by atoms with Gasteiger partial charge in [0.1, 0.15) is 6.04 Å². The van der Waals surface area contributed by atoms with Crippen molar-refractivity contribution in [2.75, 3.05) is 6.54 Å². The number of piperidine rings is 1. The molecule has 3 atom stereocenters. The summed E-state index contributed by atoms with van der Waals surface area (Å²) >= 11 is 0. The van der Waals surface area contributed by atoms with Crippen molar-refractivity contribution in [3.63, 3.8) is 0 Å². The summed E-state index contributed by atoms with van der Waals surface area (Å²) in [5.41, 5.74) is 0. The summed E-state index contributed by atoms with van der Waals surface area (Å²) in [6.45, 7) is 6.50. The Morgan fingerprint density at radius 1 is 1.14 bits per heavy atom. The van der Waals surface area contributed by atoms with Gasteiger partial charge in [-0.05, 0) is 44.4 Å². The van der Waals surface area contributed by atoms with E-state index >= 15 is 0 Å². The molecule has 3 N–H and O–H groups in total. The molecule has 0 aromatic rings. The highest BCUT2D eigenvalue weighted by Gasteiger charge is 2.34. The average molecular weight is 295 g/mol. The highest BCUT2D eigenvalue weighted by atomic mass is 16.2. The average Bonchev–Trinajstić information content (AvgIpc) is 2.74. The first-order valence-corrected chi connectivity index (χ1v) is 8.27. The van der Waals surface area contributed by atoms with Crippen LogP contribution in [0.4, 0.5) is 0 Å². The monoisotopic (exact) mass is 295 g/mol. The van der Waals surface area contributed by atoms with Crippen LogP contribution in [0.25, 0.3) is 0 Å². The highest BCUT2D eigenvalue weighted by Crippen LogP contribution is 2.32. The van der Waals surface area contributed by atoms with Gasteiger partial charge in [-0.25, -0.2) is 0 Å². The number of carbonyl (C=O) groups excluding carboxylic acids is 2. The number of nitrogens with one attached hydrogen (secondary N) is 3. The largest absolute Gasteiger partial charge is 0.354 e. The zero-order valence-electron chi connectivity index (χ0n) is 13.4. The van der Waals surface area contributed by atoms with Crippen molar-refractivity contribution in [3.05, 3.63) is 0 Å². The maximum atomic E-state index is 12.1. The molecule has 2 saturated heterocycles. The second-order valence-corrected chi connectivity index (χ2v) is 7.11. The first-order valence-electron chi connectivity index (χ1n) is 8.27. The molecule has 0 spiro atoms. The van der Waals surface area contributed by atoms with Crippen molar-refractivity contribution in [1.29, 1.82) is 0 Å². The van der Waals surface area contributed by atoms with E-state index in [0.717, 1.165) is 12.8 Å². The zero-order chi connectivity index (χ0) is 15.4. The van der Waals surface area contributed by atoms with E-state index in [1.807, 2.05) is 0 Å². The molecule has 2 fully saturated rings. The number of hydrogen-bond acceptors (Lipinski definition) is 3. The Labute approximate surface area is 127 Å². The van der Waals surface area contributed by atoms with Crippen LogP contribution in [0.1, 0.15) is 52.9 Å². The number of amides is 2. The molecular formula is C16H29N3O2. The molecule has 0 aromatic carbocycles. The molecule has 2 aliphatic heterocycles. The van der Waals surface area contributed by atoms with Crippen LogP contribution in [0.3, 0.4) is 0 Å². The van der Waals surface area contributed by atoms with E-state index in [0.29, 0.717) is 36.9 Å². The van der Waals surface area contributed by atoms with Gasteiger partial charge in [-0.2, -0.15) is 0 Å². The van der Waals surface area contributed by atoms with Gasteiger partial charge in [0.25, 0.3) is 0 Å². The number of fused-ring (bicyclic) bond motifs is 2. The van der Waals surface area contributed by atoms with E-state index in [1.165, 1.54) is 12.8 Å². The molecule has 2 rings (SSSR count). The van der Waals surface area contributed by atoms with Gasteiger partial charge in [0.15, 0.2) is 0 Å². The van der Waals surface area contributed by atoms with Gasteiger partial charge in [-0.3, -0.25) is 9.59 Å². The third kappa shape index (κ3) is 4.99. The quantitative estimate of drug-likeness (QED) is 0.689. The Kier molecular flexibility index (Phi) is 5.62. The molecule has 2 amide bonds. The van der Waals surface area contributed by atoms with E-state index in [4.69, 9.17) is 0 Å². The van der Waals surface area contributed by atoms with Gasteiger partial charge in [0, 0.05) is 25.0 Å². The van der Waals surface area contributed by atoms with Crippen LogP contribution in [-0.2, 0) is 9.59 Å². The van der Waals surface area contributed by atoms with Gasteiger partial charge < -0.3 is 16.0 Å². The first-order chi connectivity index (χ1) is 9.94. The van der Waals surface area contributed by atoms with Gasteiger partial charge in [0.05, 0.1) is 0 Å². The molecule has 0 aromatic heterocycles. The van der Waals surface area contributed by atoms with Crippen LogP contribution in [0, 0.1) is 11.8 Å². The van der Waals surface area contributed by atoms with Crippen LogP contribution < -0.4 is 16.0 Å². The number of hydrogen-bond donors (Lipinski definition) is 3. The fraction of sp³-hybridized carbons (Fsp3) is 0.875. The standard InChI is InChI=1S/C16H29N3O2/c1-10(2)9-17-16(21)11(3)18-15(20)8-12-6-13-4-5-14(7-12)19-13/h10-14,19H,4-9H2,1-3H3,(H,17,21)(H,18,20). The Morgan fingerprint density at radius 3 is 2.33 bits per heavy atom. The number of carbonyl (C=O) groups is 2. The van der Waals surface area contributed by atoms with Crippen molar-refractivity contribution in [1.82, 2.24) is 16.0 Å². The molecular weight excluding hydrogens is 266 g/mol. The fourth-order valence-corrected chi connectivity index (χ4v) is 3.43. The Bertz CT molecular complexity index is 372. The summed E-state index contributed by atoms with van der Waals surface area (Å²) in [5.74, 6) is 0.799. The summed E-state index contributed by atoms with van der Waals surface area (Å²) in [4.78, 5) is 23.9. The summed E-state index contributed by atoms with van der Waals surface area (Å²) < 4.78 is 0. The maximum absolute atomic E-state index is 12.1. The topological polar surface area (TPSA) is 70.2 Å². The lowest BCUT2D eigenvalue weighted by Gasteiger charge is -2.29. The van der Waals surface area contributed by atoms with Crippen molar-refractivity contribution < 1.29 is 9.59 Å². The minimum Gasteiger partial charge on any atom is -0.354 e. The Hall–Kier alpha value is -1.10. The van der Waals surface area contributed by atoms with Crippen LogP contribution in [-0.4, -0.2) is 36.5 Å². The lowest BCUT2D eigenvalue weighted by Crippen LogP contribution is -2.46. The second-order valence-electron chi connectivity index (χ2n) is 7.11. The van der Waals surface area contributed by atoms with Crippen LogP contribution in [0.5, 0.6) is 0 Å². The zero-order valence-corrected chi connectivity index (χ0v) is 13.4. The molecule has 5 heteroatoms. The minimum absolute atomic E-state index is 0.00787. The molecule has 0 aliphatic carbocycles. The van der Waals surface area contributed by atoms with Crippen molar-refractivity contribution >= 4 is 11.8 Å². The van der Waals surface area contributed by atoms with Crippen LogP contribution >= 0.6 is 0 Å². The molecule has 21 heavy (non-hydrogen) atoms. The van der Waals surface area contributed by atoms with E-state index in [9.17, 15) is 9.59 Å². The van der Waals surface area contributed by atoms with Crippen molar-refractivity contribution in [3.8, 4) is 0 Å². The van der Waals surface area contributed by atoms with Gasteiger partial charge in [-0.1, -0.05) is 13.8 Å². The van der Waals surface area contributed by atoms with Gasteiger partial charge >= 0.3 is 0 Å². The molecule has 2 heterocycles. The lowest BCUT2D eigenvalue weighted by molar-refractivity contribution is -0.129. The lowest BCUT2D eigenvalue weighted by atomic mass is 9.89. The molecule has 3 unspecified atom stereocenters. The third-order valence-corrected chi connectivity index (χ3v) is 4.50. The molecule has 2 bridgehead atoms. The summed E-state index contributed by atoms with van der Waals surface area (Å²) in [5, 5.41) is 9.26. The van der Waals surface area contributed by atoms with E-state index in [-0.39, 0.29) is 11.8 Å². The normalized spacial score (nSPS) is 29.2. The smallest absolute Gasteiger partial charge is 0.242 e. The maximum Gasteiger partial charge on any atom is 0.242 e. The van der Waals surface area contributed by atoms with Crippen molar-refractivity contribution in [2.24, 2.45) is 11.8 Å². The summed E-state index contributed by atoms with van der Waals surface area (Å²) in [6.07, 6.45) is 5.24. The Balaban J connectivity index is 1.70. The third-order valence-electron chi connectivity index (χ3n) is 4.50. The Morgan fingerprint density at radius 2 is 1.76 bits per heavy atom. The van der Waals surface area contributed by atoms with Crippen LogP contribution in [0.2, 0.25) is 0 Å². The van der Waals surface area contributed by atoms with E-state index in [1.54, 1.807) is 6.92 Å².